The molecule has 2 nitrogen and oxygen atoms in total. The van der Waals surface area contributed by atoms with Crippen molar-refractivity contribution in [2.75, 3.05) is 18.0 Å². The zero-order valence-electron chi connectivity index (χ0n) is 11.6. The van der Waals surface area contributed by atoms with Gasteiger partial charge >= 0.3 is 0 Å². The Morgan fingerprint density at radius 2 is 1.58 bits per heavy atom. The first-order chi connectivity index (χ1) is 9.26. The molecule has 19 heavy (non-hydrogen) atoms. The maximum Gasteiger partial charge on any atom is 0.142 e. The molecular formula is C17H21NO. The van der Waals surface area contributed by atoms with Crippen LogP contribution in [0.5, 0.6) is 5.75 Å². The summed E-state index contributed by atoms with van der Waals surface area (Å²) >= 11 is 0. The molecule has 100 valence electrons. The van der Waals surface area contributed by atoms with Crippen molar-refractivity contribution in [3.8, 4) is 5.75 Å². The van der Waals surface area contributed by atoms with Crippen molar-refractivity contribution in [1.29, 1.82) is 0 Å². The van der Waals surface area contributed by atoms with Crippen LogP contribution < -0.4 is 4.90 Å². The van der Waals surface area contributed by atoms with Gasteiger partial charge in [-0.05, 0) is 25.5 Å². The number of phenolic OH excluding ortho intramolecular Hbond substituents is 1. The first kappa shape index (κ1) is 13.5. The lowest BCUT2D eigenvalue weighted by atomic mass is 10.0. The summed E-state index contributed by atoms with van der Waals surface area (Å²) in [5.41, 5.74) is 3.13. The molecule has 0 aliphatic rings. The van der Waals surface area contributed by atoms with Gasteiger partial charge in [0, 0.05) is 25.1 Å². The maximum absolute atomic E-state index is 10.4. The second-order valence-electron chi connectivity index (χ2n) is 4.62. The third-order valence-corrected chi connectivity index (χ3v) is 3.44. The number of rotatable bonds is 5. The van der Waals surface area contributed by atoms with E-state index in [1.54, 1.807) is 0 Å². The SMILES string of the molecule is CCN(CC)c1cccc(Cc2ccccc2)c1O. The number of para-hydroxylation sites is 1. The molecule has 0 heterocycles. The van der Waals surface area contributed by atoms with E-state index in [2.05, 4.69) is 30.9 Å². The molecular weight excluding hydrogens is 234 g/mol. The van der Waals surface area contributed by atoms with Crippen molar-refractivity contribution in [2.45, 2.75) is 20.3 Å². The summed E-state index contributed by atoms with van der Waals surface area (Å²) < 4.78 is 0. The van der Waals surface area contributed by atoms with Gasteiger partial charge in [-0.3, -0.25) is 0 Å². The Bertz CT molecular complexity index is 518. The van der Waals surface area contributed by atoms with Gasteiger partial charge < -0.3 is 10.0 Å². The van der Waals surface area contributed by atoms with Gasteiger partial charge in [0.15, 0.2) is 0 Å². The van der Waals surface area contributed by atoms with E-state index in [0.29, 0.717) is 5.75 Å². The number of hydrogen-bond acceptors (Lipinski definition) is 2. The molecule has 0 bridgehead atoms. The molecule has 0 atom stereocenters. The molecule has 0 amide bonds. The Labute approximate surface area is 115 Å². The van der Waals surface area contributed by atoms with Crippen molar-refractivity contribution in [3.63, 3.8) is 0 Å². The summed E-state index contributed by atoms with van der Waals surface area (Å²) in [7, 11) is 0. The summed E-state index contributed by atoms with van der Waals surface area (Å²) in [4.78, 5) is 2.17. The molecule has 2 aromatic rings. The van der Waals surface area contributed by atoms with Crippen LogP contribution >= 0.6 is 0 Å². The fourth-order valence-corrected chi connectivity index (χ4v) is 2.36. The fraction of sp³-hybridized carbons (Fsp3) is 0.294. The van der Waals surface area contributed by atoms with Crippen molar-refractivity contribution < 1.29 is 5.11 Å². The summed E-state index contributed by atoms with van der Waals surface area (Å²) in [5.74, 6) is 0.412. The van der Waals surface area contributed by atoms with E-state index in [-0.39, 0.29) is 0 Å². The average Bonchev–Trinajstić information content (AvgIpc) is 2.45. The average molecular weight is 255 g/mol. The van der Waals surface area contributed by atoms with Gasteiger partial charge in [0.1, 0.15) is 5.75 Å². The number of benzene rings is 2. The van der Waals surface area contributed by atoms with Crippen LogP contribution in [0.2, 0.25) is 0 Å². The molecule has 0 unspecified atom stereocenters. The normalized spacial score (nSPS) is 10.4. The Kier molecular flexibility index (Phi) is 4.45. The van der Waals surface area contributed by atoms with E-state index in [0.717, 1.165) is 30.8 Å². The lowest BCUT2D eigenvalue weighted by Crippen LogP contribution is -2.22. The van der Waals surface area contributed by atoms with Crippen molar-refractivity contribution in [2.24, 2.45) is 0 Å². The second-order valence-corrected chi connectivity index (χ2v) is 4.62. The van der Waals surface area contributed by atoms with Gasteiger partial charge in [0.05, 0.1) is 5.69 Å². The molecule has 1 N–H and O–H groups in total. The molecule has 0 aromatic heterocycles. The molecule has 0 aliphatic carbocycles. The van der Waals surface area contributed by atoms with E-state index in [4.69, 9.17) is 0 Å². The number of phenols is 1. The molecule has 0 saturated heterocycles. The monoisotopic (exact) mass is 255 g/mol. The van der Waals surface area contributed by atoms with Crippen LogP contribution in [0.3, 0.4) is 0 Å². The van der Waals surface area contributed by atoms with E-state index in [1.165, 1.54) is 5.56 Å². The molecule has 2 heteroatoms. The number of nitrogens with zero attached hydrogens (tertiary/aromatic N) is 1. The Morgan fingerprint density at radius 3 is 2.21 bits per heavy atom. The molecule has 0 radical (unpaired) electrons. The lowest BCUT2D eigenvalue weighted by Gasteiger charge is -2.23. The van der Waals surface area contributed by atoms with Crippen molar-refractivity contribution in [1.82, 2.24) is 0 Å². The van der Waals surface area contributed by atoms with Crippen LogP contribution in [0.4, 0.5) is 5.69 Å². The van der Waals surface area contributed by atoms with E-state index in [9.17, 15) is 5.11 Å². The maximum atomic E-state index is 10.4. The highest BCUT2D eigenvalue weighted by Crippen LogP contribution is 2.32. The zero-order valence-corrected chi connectivity index (χ0v) is 11.6. The quantitative estimate of drug-likeness (QED) is 0.877. The van der Waals surface area contributed by atoms with Gasteiger partial charge in [0.25, 0.3) is 0 Å². The molecule has 2 aromatic carbocycles. The van der Waals surface area contributed by atoms with Crippen LogP contribution in [0.15, 0.2) is 48.5 Å². The Morgan fingerprint density at radius 1 is 0.895 bits per heavy atom. The molecule has 0 fully saturated rings. The highest BCUT2D eigenvalue weighted by atomic mass is 16.3. The fourth-order valence-electron chi connectivity index (χ4n) is 2.36. The van der Waals surface area contributed by atoms with Gasteiger partial charge in [-0.25, -0.2) is 0 Å². The van der Waals surface area contributed by atoms with Gasteiger partial charge in [-0.15, -0.1) is 0 Å². The predicted octanol–water partition coefficient (Wildman–Crippen LogP) is 3.83. The minimum Gasteiger partial charge on any atom is -0.505 e. The minimum atomic E-state index is 0.412. The Hall–Kier alpha value is -1.96. The topological polar surface area (TPSA) is 23.5 Å². The summed E-state index contributed by atoms with van der Waals surface area (Å²) in [6, 6.07) is 16.2. The van der Waals surface area contributed by atoms with Crippen LogP contribution in [-0.2, 0) is 6.42 Å². The molecule has 0 spiro atoms. The predicted molar refractivity (Wildman–Crippen MR) is 80.9 cm³/mol. The highest BCUT2D eigenvalue weighted by Gasteiger charge is 2.11. The van der Waals surface area contributed by atoms with E-state index < -0.39 is 0 Å². The zero-order chi connectivity index (χ0) is 13.7. The van der Waals surface area contributed by atoms with Crippen LogP contribution in [0.25, 0.3) is 0 Å². The standard InChI is InChI=1S/C17H21NO/c1-3-18(4-2)16-12-8-11-15(17(16)19)13-14-9-6-5-7-10-14/h5-12,19H,3-4,13H2,1-2H3. The van der Waals surface area contributed by atoms with Crippen LogP contribution in [-0.4, -0.2) is 18.2 Å². The van der Waals surface area contributed by atoms with Crippen molar-refractivity contribution >= 4 is 5.69 Å². The van der Waals surface area contributed by atoms with Crippen LogP contribution in [0, 0.1) is 0 Å². The smallest absolute Gasteiger partial charge is 0.142 e. The molecule has 2 rings (SSSR count). The van der Waals surface area contributed by atoms with E-state index in [1.807, 2.05) is 36.4 Å². The number of anilines is 1. The Balaban J connectivity index is 2.30. The van der Waals surface area contributed by atoms with Gasteiger partial charge in [-0.2, -0.15) is 0 Å². The molecule has 0 saturated carbocycles. The first-order valence-corrected chi connectivity index (χ1v) is 6.86. The molecule has 0 aliphatic heterocycles. The largest absolute Gasteiger partial charge is 0.505 e. The highest BCUT2D eigenvalue weighted by molar-refractivity contribution is 5.61. The summed E-state index contributed by atoms with van der Waals surface area (Å²) in [6.07, 6.45) is 0.766. The summed E-state index contributed by atoms with van der Waals surface area (Å²) in [6.45, 7) is 6.01. The third kappa shape index (κ3) is 3.08. The second kappa shape index (κ2) is 6.28. The third-order valence-electron chi connectivity index (χ3n) is 3.44. The van der Waals surface area contributed by atoms with E-state index >= 15 is 0 Å². The first-order valence-electron chi connectivity index (χ1n) is 6.86. The number of hydrogen-bond donors (Lipinski definition) is 1. The summed E-state index contributed by atoms with van der Waals surface area (Å²) in [5, 5.41) is 10.4. The van der Waals surface area contributed by atoms with Crippen molar-refractivity contribution in [3.05, 3.63) is 59.7 Å². The van der Waals surface area contributed by atoms with Gasteiger partial charge in [0.2, 0.25) is 0 Å². The number of aromatic hydroxyl groups is 1. The van der Waals surface area contributed by atoms with Gasteiger partial charge in [-0.1, -0.05) is 42.5 Å². The lowest BCUT2D eigenvalue weighted by molar-refractivity contribution is 0.468. The van der Waals surface area contributed by atoms with Crippen LogP contribution in [0.1, 0.15) is 25.0 Å². The minimum absolute atomic E-state index is 0.412.